The Kier molecular flexibility index (Phi) is 6.02. The summed E-state index contributed by atoms with van der Waals surface area (Å²) in [5, 5.41) is 12.6. The summed E-state index contributed by atoms with van der Waals surface area (Å²) in [5.41, 5.74) is 4.56. The molecule has 39 heavy (non-hydrogen) atoms. The first-order valence-electron chi connectivity index (χ1n) is 14.3. The molecule has 4 aliphatic carbocycles. The van der Waals surface area contributed by atoms with Gasteiger partial charge in [0, 0.05) is 11.6 Å². The molecule has 1 N–H and O–H groups in total. The summed E-state index contributed by atoms with van der Waals surface area (Å²) in [7, 11) is 0. The molecule has 7 heteroatoms. The lowest BCUT2D eigenvalue weighted by molar-refractivity contribution is -0.00765. The van der Waals surface area contributed by atoms with E-state index in [9.17, 15) is 4.79 Å². The Morgan fingerprint density at radius 1 is 0.974 bits per heavy atom. The number of hydrogen-bond acceptors (Lipinski definition) is 4. The summed E-state index contributed by atoms with van der Waals surface area (Å²) >= 11 is 0. The Labute approximate surface area is 229 Å². The van der Waals surface area contributed by atoms with Crippen molar-refractivity contribution in [1.82, 2.24) is 19.6 Å². The molecule has 4 aromatic rings. The Morgan fingerprint density at radius 2 is 1.67 bits per heavy atom. The minimum absolute atomic E-state index is 0.00675. The number of aryl methyl sites for hydroxylation is 1. The molecule has 0 saturated heterocycles. The molecule has 4 aliphatic rings. The van der Waals surface area contributed by atoms with Crippen molar-refractivity contribution >= 4 is 11.6 Å². The van der Waals surface area contributed by atoms with Crippen molar-refractivity contribution in [1.29, 1.82) is 0 Å². The van der Waals surface area contributed by atoms with E-state index in [1.165, 1.54) is 24.8 Å². The highest BCUT2D eigenvalue weighted by atomic mass is 16.5. The third kappa shape index (κ3) is 4.64. The zero-order valence-corrected chi connectivity index (χ0v) is 22.4. The van der Waals surface area contributed by atoms with Crippen molar-refractivity contribution in [2.75, 3.05) is 5.32 Å². The second kappa shape index (κ2) is 9.70. The van der Waals surface area contributed by atoms with Crippen molar-refractivity contribution in [3.05, 3.63) is 90.0 Å². The molecule has 2 aromatic carbocycles. The summed E-state index contributed by atoms with van der Waals surface area (Å²) in [6.07, 6.45) is 13.9. The van der Waals surface area contributed by atoms with Crippen LogP contribution in [0.3, 0.4) is 0 Å². The Balaban J connectivity index is 1.13. The lowest BCUT2D eigenvalue weighted by Crippen LogP contribution is -2.49. The van der Waals surface area contributed by atoms with Crippen molar-refractivity contribution in [3.8, 4) is 11.4 Å². The zero-order chi connectivity index (χ0) is 26.4. The maximum Gasteiger partial charge on any atom is 0.259 e. The predicted octanol–water partition coefficient (Wildman–Crippen LogP) is 6.39. The quantitative estimate of drug-likeness (QED) is 0.292. The maximum absolute atomic E-state index is 13.8. The molecule has 8 rings (SSSR count). The van der Waals surface area contributed by atoms with Crippen molar-refractivity contribution in [3.63, 3.8) is 0 Å². The van der Waals surface area contributed by atoms with Gasteiger partial charge < -0.3 is 10.1 Å². The van der Waals surface area contributed by atoms with E-state index < -0.39 is 0 Å². The van der Waals surface area contributed by atoms with E-state index in [1.54, 1.807) is 10.9 Å². The summed E-state index contributed by atoms with van der Waals surface area (Å²) in [4.78, 5) is 13.8. The number of amides is 1. The molecule has 2 heterocycles. The molecule has 0 radical (unpaired) electrons. The van der Waals surface area contributed by atoms with Gasteiger partial charge in [-0.3, -0.25) is 4.79 Å². The first kappa shape index (κ1) is 24.2. The largest absolute Gasteiger partial charge is 0.471 e. The predicted molar refractivity (Wildman–Crippen MR) is 150 cm³/mol. The van der Waals surface area contributed by atoms with Crippen LogP contribution in [-0.2, 0) is 18.6 Å². The molecule has 200 valence electrons. The van der Waals surface area contributed by atoms with Crippen LogP contribution in [0.25, 0.3) is 5.69 Å². The van der Waals surface area contributed by atoms with E-state index in [4.69, 9.17) is 9.84 Å². The molecule has 4 bridgehead atoms. The van der Waals surface area contributed by atoms with Crippen LogP contribution in [0, 0.1) is 17.8 Å². The monoisotopic (exact) mass is 521 g/mol. The fourth-order valence-corrected chi connectivity index (χ4v) is 7.70. The number of para-hydroxylation sites is 1. The summed E-state index contributed by atoms with van der Waals surface area (Å²) in [5.74, 6) is 2.97. The number of ether oxygens (including phenoxy) is 1. The Morgan fingerprint density at radius 3 is 2.33 bits per heavy atom. The first-order valence-corrected chi connectivity index (χ1v) is 14.3. The van der Waals surface area contributed by atoms with Gasteiger partial charge in [0.05, 0.1) is 35.0 Å². The molecular weight excluding hydrogens is 486 g/mol. The van der Waals surface area contributed by atoms with E-state index in [0.717, 1.165) is 60.6 Å². The minimum atomic E-state index is -0.126. The van der Waals surface area contributed by atoms with Crippen LogP contribution in [0.5, 0.6) is 5.75 Å². The SMILES string of the molecule is CCc1ccc(OCn2cc(NC(=O)c3cn(-c4ccccc4)nc3C34CC5CC(CC(C5)C3)C4)cn2)cc1. The fraction of sp³-hybridized carbons (Fsp3) is 0.406. The van der Waals surface area contributed by atoms with Crippen molar-refractivity contribution in [2.24, 2.45) is 17.8 Å². The number of rotatable bonds is 8. The van der Waals surface area contributed by atoms with Crippen LogP contribution in [0.2, 0.25) is 0 Å². The minimum Gasteiger partial charge on any atom is -0.471 e. The third-order valence-corrected chi connectivity index (χ3v) is 9.11. The fourth-order valence-electron chi connectivity index (χ4n) is 7.70. The van der Waals surface area contributed by atoms with Crippen molar-refractivity contribution in [2.45, 2.75) is 64.0 Å². The Hall–Kier alpha value is -3.87. The summed E-state index contributed by atoms with van der Waals surface area (Å²) in [6, 6.07) is 18.2. The van der Waals surface area contributed by atoms with Crippen LogP contribution in [0.1, 0.15) is 67.1 Å². The first-order chi connectivity index (χ1) is 19.1. The Bertz CT molecular complexity index is 1430. The second-order valence-electron chi connectivity index (χ2n) is 11.9. The number of carbonyl (C=O) groups excluding carboxylic acids is 1. The van der Waals surface area contributed by atoms with Crippen molar-refractivity contribution < 1.29 is 9.53 Å². The molecule has 7 nitrogen and oxygen atoms in total. The van der Waals surface area contributed by atoms with E-state index in [-0.39, 0.29) is 18.1 Å². The highest BCUT2D eigenvalue weighted by Crippen LogP contribution is 2.60. The smallest absolute Gasteiger partial charge is 0.259 e. The highest BCUT2D eigenvalue weighted by molar-refractivity contribution is 6.05. The van der Waals surface area contributed by atoms with Crippen LogP contribution in [0.4, 0.5) is 5.69 Å². The molecule has 0 spiro atoms. The normalized spacial score (nSPS) is 25.1. The van der Waals surface area contributed by atoms with Gasteiger partial charge in [-0.15, -0.1) is 0 Å². The van der Waals surface area contributed by atoms with Crippen LogP contribution < -0.4 is 10.1 Å². The average molecular weight is 522 g/mol. The third-order valence-electron chi connectivity index (χ3n) is 9.11. The van der Waals surface area contributed by atoms with E-state index in [2.05, 4.69) is 29.5 Å². The van der Waals surface area contributed by atoms with Gasteiger partial charge in [-0.1, -0.05) is 37.3 Å². The van der Waals surface area contributed by atoms with Gasteiger partial charge in [0.15, 0.2) is 6.73 Å². The van der Waals surface area contributed by atoms with Crippen LogP contribution >= 0.6 is 0 Å². The van der Waals surface area contributed by atoms with E-state index >= 15 is 0 Å². The van der Waals surface area contributed by atoms with Crippen LogP contribution in [0.15, 0.2) is 73.2 Å². The number of aromatic nitrogens is 4. The van der Waals surface area contributed by atoms with Gasteiger partial charge in [0.25, 0.3) is 5.91 Å². The number of carbonyl (C=O) groups is 1. The molecule has 4 saturated carbocycles. The number of nitrogens with one attached hydrogen (secondary N) is 1. The van der Waals surface area contributed by atoms with E-state index in [0.29, 0.717) is 11.3 Å². The van der Waals surface area contributed by atoms with Gasteiger partial charge in [0.1, 0.15) is 5.75 Å². The number of anilines is 1. The topological polar surface area (TPSA) is 74.0 Å². The lowest BCUT2D eigenvalue weighted by Gasteiger charge is -2.56. The second-order valence-corrected chi connectivity index (χ2v) is 11.9. The summed E-state index contributed by atoms with van der Waals surface area (Å²) < 4.78 is 9.46. The molecule has 0 aliphatic heterocycles. The van der Waals surface area contributed by atoms with Gasteiger partial charge in [-0.2, -0.15) is 10.2 Å². The molecule has 0 unspecified atom stereocenters. The molecule has 0 atom stereocenters. The standard InChI is InChI=1S/C32H35N5O2/c1-2-22-8-10-28(11-9-22)39-21-36-19-26(18-33-36)34-31(38)29-20-37(27-6-4-3-5-7-27)35-30(29)32-15-23-12-24(16-32)14-25(13-23)17-32/h3-11,18-20,23-25H,2,12-17,21H2,1H3,(H,34,38). The van der Waals surface area contributed by atoms with Gasteiger partial charge >= 0.3 is 0 Å². The van der Waals surface area contributed by atoms with Gasteiger partial charge in [-0.25, -0.2) is 9.36 Å². The molecule has 2 aromatic heterocycles. The van der Waals surface area contributed by atoms with E-state index in [1.807, 2.05) is 59.5 Å². The highest BCUT2D eigenvalue weighted by Gasteiger charge is 2.53. The molecule has 4 fully saturated rings. The van der Waals surface area contributed by atoms with Crippen LogP contribution in [-0.4, -0.2) is 25.5 Å². The molecular formula is C32H35N5O2. The molecule has 1 amide bonds. The number of nitrogens with zero attached hydrogens (tertiary/aromatic N) is 4. The number of benzene rings is 2. The van der Waals surface area contributed by atoms with Gasteiger partial charge in [0.2, 0.25) is 0 Å². The zero-order valence-electron chi connectivity index (χ0n) is 22.4. The summed E-state index contributed by atoms with van der Waals surface area (Å²) in [6.45, 7) is 2.40. The lowest BCUT2D eigenvalue weighted by atomic mass is 9.48. The number of hydrogen-bond donors (Lipinski definition) is 1. The van der Waals surface area contributed by atoms with Gasteiger partial charge in [-0.05, 0) is 92.5 Å². The average Bonchev–Trinajstić information content (AvgIpc) is 3.60. The maximum atomic E-state index is 13.8.